The van der Waals surface area contributed by atoms with Gasteiger partial charge >= 0.3 is 0 Å². The van der Waals surface area contributed by atoms with E-state index in [1.165, 1.54) is 0 Å². The minimum absolute atomic E-state index is 0.0455. The first-order valence-electron chi connectivity index (χ1n) is 7.23. The van der Waals surface area contributed by atoms with Crippen molar-refractivity contribution in [3.63, 3.8) is 0 Å². The molecule has 2 N–H and O–H groups in total. The van der Waals surface area contributed by atoms with Crippen molar-refractivity contribution in [3.8, 4) is 0 Å². The van der Waals surface area contributed by atoms with E-state index in [0.29, 0.717) is 6.01 Å². The van der Waals surface area contributed by atoms with Crippen LogP contribution in [0.1, 0.15) is 12.8 Å². The zero-order chi connectivity index (χ0) is 14.8. The van der Waals surface area contributed by atoms with Crippen LogP contribution >= 0.6 is 0 Å². The van der Waals surface area contributed by atoms with E-state index in [4.69, 9.17) is 4.42 Å². The SMILES string of the molecule is CN(C)c1nc2cc(NC(=O)C3CCCNC3)ccc2o1. The van der Waals surface area contributed by atoms with Crippen LogP contribution in [0.15, 0.2) is 22.6 Å². The fraction of sp³-hybridized carbons (Fsp3) is 0.467. The number of aromatic nitrogens is 1. The summed E-state index contributed by atoms with van der Waals surface area (Å²) in [6.45, 7) is 1.75. The van der Waals surface area contributed by atoms with E-state index in [0.717, 1.165) is 42.7 Å². The summed E-state index contributed by atoms with van der Waals surface area (Å²) >= 11 is 0. The van der Waals surface area contributed by atoms with Crippen molar-refractivity contribution in [1.82, 2.24) is 10.3 Å². The number of oxazole rings is 1. The molecule has 2 heterocycles. The van der Waals surface area contributed by atoms with Crippen molar-refractivity contribution >= 4 is 28.7 Å². The smallest absolute Gasteiger partial charge is 0.297 e. The Bertz CT molecular complexity index is 644. The van der Waals surface area contributed by atoms with Gasteiger partial charge in [0.15, 0.2) is 5.58 Å². The molecule has 0 aliphatic carbocycles. The molecule has 1 unspecified atom stereocenters. The summed E-state index contributed by atoms with van der Waals surface area (Å²) in [6, 6.07) is 6.09. The molecule has 112 valence electrons. The topological polar surface area (TPSA) is 70.4 Å². The monoisotopic (exact) mass is 288 g/mol. The van der Waals surface area contributed by atoms with Crippen LogP contribution in [-0.4, -0.2) is 38.1 Å². The molecule has 0 bridgehead atoms. The standard InChI is InChI=1S/C15H20N4O2/c1-19(2)15-18-12-8-11(5-6-13(12)21-15)17-14(20)10-4-3-7-16-9-10/h5-6,8,10,16H,3-4,7,9H2,1-2H3,(H,17,20). The Labute approximate surface area is 123 Å². The molecule has 1 aromatic carbocycles. The molecular weight excluding hydrogens is 268 g/mol. The van der Waals surface area contributed by atoms with Gasteiger partial charge < -0.3 is 20.0 Å². The van der Waals surface area contributed by atoms with Gasteiger partial charge in [0.1, 0.15) is 5.52 Å². The second kappa shape index (κ2) is 5.73. The number of fused-ring (bicyclic) bond motifs is 1. The number of hydrogen-bond acceptors (Lipinski definition) is 5. The molecule has 0 radical (unpaired) electrons. The molecule has 3 rings (SSSR count). The maximum atomic E-state index is 12.2. The van der Waals surface area contributed by atoms with Crippen LogP contribution < -0.4 is 15.5 Å². The number of nitrogens with zero attached hydrogens (tertiary/aromatic N) is 2. The lowest BCUT2D eigenvalue weighted by Gasteiger charge is -2.21. The zero-order valence-electron chi connectivity index (χ0n) is 12.3. The molecular formula is C15H20N4O2. The molecule has 1 amide bonds. The molecule has 1 saturated heterocycles. The number of amides is 1. The van der Waals surface area contributed by atoms with Gasteiger partial charge in [-0.25, -0.2) is 0 Å². The first-order valence-corrected chi connectivity index (χ1v) is 7.23. The van der Waals surface area contributed by atoms with Gasteiger partial charge in [-0.05, 0) is 37.6 Å². The predicted octanol–water partition coefficient (Wildman–Crippen LogP) is 1.83. The number of nitrogens with one attached hydrogen (secondary N) is 2. The van der Waals surface area contributed by atoms with E-state index in [1.54, 1.807) is 0 Å². The minimum Gasteiger partial charge on any atom is -0.423 e. The molecule has 2 aromatic rings. The van der Waals surface area contributed by atoms with Crippen molar-refractivity contribution in [3.05, 3.63) is 18.2 Å². The molecule has 1 atom stereocenters. The average molecular weight is 288 g/mol. The second-order valence-corrected chi connectivity index (χ2v) is 5.61. The largest absolute Gasteiger partial charge is 0.423 e. The summed E-state index contributed by atoms with van der Waals surface area (Å²) in [5, 5.41) is 6.22. The van der Waals surface area contributed by atoms with Gasteiger partial charge in [0.25, 0.3) is 6.01 Å². The lowest BCUT2D eigenvalue weighted by Crippen LogP contribution is -2.37. The maximum absolute atomic E-state index is 12.2. The van der Waals surface area contributed by atoms with Crippen molar-refractivity contribution in [2.24, 2.45) is 5.92 Å². The Balaban J connectivity index is 1.75. The van der Waals surface area contributed by atoms with E-state index < -0.39 is 0 Å². The Morgan fingerprint density at radius 2 is 2.33 bits per heavy atom. The highest BCUT2D eigenvalue weighted by Gasteiger charge is 2.21. The zero-order valence-corrected chi connectivity index (χ0v) is 12.3. The van der Waals surface area contributed by atoms with Crippen LogP contribution in [-0.2, 0) is 4.79 Å². The Hall–Kier alpha value is -2.08. The molecule has 21 heavy (non-hydrogen) atoms. The van der Waals surface area contributed by atoms with Crippen LogP contribution in [0.3, 0.4) is 0 Å². The van der Waals surface area contributed by atoms with E-state index in [9.17, 15) is 4.79 Å². The van der Waals surface area contributed by atoms with Crippen LogP contribution in [0.2, 0.25) is 0 Å². The first-order chi connectivity index (χ1) is 10.1. The summed E-state index contributed by atoms with van der Waals surface area (Å²) in [5.74, 6) is 0.113. The summed E-state index contributed by atoms with van der Waals surface area (Å²) in [6.07, 6.45) is 1.99. The van der Waals surface area contributed by atoms with Crippen LogP contribution in [0.4, 0.5) is 11.7 Å². The molecule has 0 saturated carbocycles. The van der Waals surface area contributed by atoms with Gasteiger partial charge in [-0.2, -0.15) is 4.98 Å². The van der Waals surface area contributed by atoms with Crippen LogP contribution in [0, 0.1) is 5.92 Å². The highest BCUT2D eigenvalue weighted by Crippen LogP contribution is 2.24. The lowest BCUT2D eigenvalue weighted by atomic mass is 9.99. The molecule has 1 aliphatic heterocycles. The number of rotatable bonds is 3. The van der Waals surface area contributed by atoms with Crippen molar-refractivity contribution in [1.29, 1.82) is 0 Å². The normalized spacial score (nSPS) is 18.7. The van der Waals surface area contributed by atoms with Gasteiger partial charge in [-0.1, -0.05) is 0 Å². The average Bonchev–Trinajstić information content (AvgIpc) is 2.91. The van der Waals surface area contributed by atoms with Gasteiger partial charge in [0, 0.05) is 26.3 Å². The maximum Gasteiger partial charge on any atom is 0.297 e. The van der Waals surface area contributed by atoms with Gasteiger partial charge in [-0.3, -0.25) is 4.79 Å². The number of piperidine rings is 1. The Morgan fingerprint density at radius 3 is 3.05 bits per heavy atom. The molecule has 1 aliphatic rings. The first kappa shape index (κ1) is 13.9. The second-order valence-electron chi connectivity index (χ2n) is 5.61. The number of carbonyl (C=O) groups excluding carboxylic acids is 1. The molecule has 6 nitrogen and oxygen atoms in total. The summed E-state index contributed by atoms with van der Waals surface area (Å²) in [5.41, 5.74) is 2.23. The third-order valence-electron chi connectivity index (χ3n) is 3.69. The van der Waals surface area contributed by atoms with Gasteiger partial charge in [0.05, 0.1) is 5.92 Å². The Morgan fingerprint density at radius 1 is 1.48 bits per heavy atom. The predicted molar refractivity (Wildman–Crippen MR) is 82.6 cm³/mol. The number of hydrogen-bond donors (Lipinski definition) is 2. The van der Waals surface area contributed by atoms with E-state index in [2.05, 4.69) is 15.6 Å². The summed E-state index contributed by atoms with van der Waals surface area (Å²) in [4.78, 5) is 18.4. The quantitative estimate of drug-likeness (QED) is 0.901. The van der Waals surface area contributed by atoms with Crippen molar-refractivity contribution in [2.45, 2.75) is 12.8 Å². The molecule has 1 fully saturated rings. The number of anilines is 2. The van der Waals surface area contributed by atoms with E-state index in [-0.39, 0.29) is 11.8 Å². The fourth-order valence-electron chi connectivity index (χ4n) is 2.50. The fourth-order valence-corrected chi connectivity index (χ4v) is 2.50. The van der Waals surface area contributed by atoms with Crippen LogP contribution in [0.5, 0.6) is 0 Å². The molecule has 0 spiro atoms. The Kier molecular flexibility index (Phi) is 3.79. The number of benzene rings is 1. The highest BCUT2D eigenvalue weighted by molar-refractivity contribution is 5.94. The van der Waals surface area contributed by atoms with Crippen molar-refractivity contribution in [2.75, 3.05) is 37.4 Å². The third-order valence-corrected chi connectivity index (χ3v) is 3.69. The van der Waals surface area contributed by atoms with Crippen molar-refractivity contribution < 1.29 is 9.21 Å². The van der Waals surface area contributed by atoms with Gasteiger partial charge in [0.2, 0.25) is 5.91 Å². The highest BCUT2D eigenvalue weighted by atomic mass is 16.4. The van der Waals surface area contributed by atoms with Gasteiger partial charge in [-0.15, -0.1) is 0 Å². The minimum atomic E-state index is 0.0455. The summed E-state index contributed by atoms with van der Waals surface area (Å²) < 4.78 is 5.60. The van der Waals surface area contributed by atoms with E-state index >= 15 is 0 Å². The molecule has 6 heteroatoms. The summed E-state index contributed by atoms with van der Waals surface area (Å²) in [7, 11) is 3.76. The van der Waals surface area contributed by atoms with Crippen LogP contribution in [0.25, 0.3) is 11.1 Å². The molecule has 1 aromatic heterocycles. The number of carbonyl (C=O) groups is 1. The lowest BCUT2D eigenvalue weighted by molar-refractivity contribution is -0.120. The third kappa shape index (κ3) is 3.00. The van der Waals surface area contributed by atoms with E-state index in [1.807, 2.05) is 37.2 Å².